The van der Waals surface area contributed by atoms with Crippen LogP contribution in [0.15, 0.2) is 91.4 Å². The van der Waals surface area contributed by atoms with Gasteiger partial charge in [0.1, 0.15) is 11.5 Å². The number of rotatable bonds is 6. The molecule has 0 bridgehead atoms. The first kappa shape index (κ1) is 22.8. The molecule has 5 nitrogen and oxygen atoms in total. The number of aryl methyl sites for hydroxylation is 1. The Labute approximate surface area is 217 Å². The monoisotopic (exact) mass is 494 g/mol. The number of nitrogens with zero attached hydrogens (tertiary/aromatic N) is 3. The number of nitrogens with one attached hydrogen (secondary N) is 1. The van der Waals surface area contributed by atoms with Gasteiger partial charge < -0.3 is 19.5 Å². The highest BCUT2D eigenvalue weighted by molar-refractivity contribution is 7.80. The zero-order chi connectivity index (χ0) is 24.5. The summed E-state index contributed by atoms with van der Waals surface area (Å²) < 4.78 is 8.46. The van der Waals surface area contributed by atoms with Gasteiger partial charge in [-0.15, -0.1) is 0 Å². The number of benzene rings is 2. The van der Waals surface area contributed by atoms with E-state index in [-0.39, 0.29) is 12.1 Å². The molecule has 1 aliphatic carbocycles. The minimum Gasteiger partial charge on any atom is -0.457 e. The number of ether oxygens (including phenoxy) is 1. The first-order valence-corrected chi connectivity index (χ1v) is 13.1. The third-order valence-electron chi connectivity index (χ3n) is 7.29. The molecular formula is C30H30N4OS. The Balaban J connectivity index is 1.32. The number of anilines is 1. The molecule has 0 spiro atoms. The summed E-state index contributed by atoms with van der Waals surface area (Å²) >= 11 is 5.89. The minimum atomic E-state index is -0.0402. The van der Waals surface area contributed by atoms with Crippen molar-refractivity contribution >= 4 is 23.0 Å². The Kier molecular flexibility index (Phi) is 6.20. The van der Waals surface area contributed by atoms with Gasteiger partial charge in [-0.05, 0) is 92.1 Å². The molecule has 1 N–H and O–H groups in total. The van der Waals surface area contributed by atoms with Gasteiger partial charge in [0.25, 0.3) is 0 Å². The standard InChI is InChI=1S/C30H30N4OS/c1-21-9-13-25(14-10-21)35-26-15-11-24(12-16-26)34-29(22-17-19-33(20-22)23-6-2-3-7-23)28(32-30(34)36)27-8-4-5-18-31-27/h4-5,8-20,23,28-29H,2-3,6-7H2,1H3,(H,32,36)/t28-,29+/m1/s1. The van der Waals surface area contributed by atoms with Crippen molar-refractivity contribution in [3.05, 3.63) is 108 Å². The zero-order valence-corrected chi connectivity index (χ0v) is 21.2. The molecule has 36 heavy (non-hydrogen) atoms. The molecule has 2 atom stereocenters. The van der Waals surface area contributed by atoms with Crippen molar-refractivity contribution in [2.75, 3.05) is 4.90 Å². The Morgan fingerprint density at radius 2 is 1.64 bits per heavy atom. The Hall–Kier alpha value is -3.64. The Morgan fingerprint density at radius 1 is 0.917 bits per heavy atom. The molecule has 4 aromatic rings. The molecule has 2 fully saturated rings. The maximum atomic E-state index is 6.06. The summed E-state index contributed by atoms with van der Waals surface area (Å²) in [7, 11) is 0. The van der Waals surface area contributed by atoms with E-state index >= 15 is 0 Å². The van der Waals surface area contributed by atoms with Crippen LogP contribution < -0.4 is 15.0 Å². The van der Waals surface area contributed by atoms with E-state index in [0.29, 0.717) is 11.2 Å². The van der Waals surface area contributed by atoms with E-state index in [4.69, 9.17) is 17.0 Å². The lowest BCUT2D eigenvalue weighted by Gasteiger charge is -2.27. The average molecular weight is 495 g/mol. The van der Waals surface area contributed by atoms with Crippen molar-refractivity contribution in [3.8, 4) is 11.5 Å². The number of aromatic nitrogens is 2. The molecule has 2 aromatic carbocycles. The second kappa shape index (κ2) is 9.78. The third kappa shape index (κ3) is 4.49. The normalized spacial score (nSPS) is 20.0. The van der Waals surface area contributed by atoms with Crippen LogP contribution in [0.4, 0.5) is 5.69 Å². The summed E-state index contributed by atoms with van der Waals surface area (Å²) in [5, 5.41) is 4.27. The first-order chi connectivity index (χ1) is 17.7. The molecule has 0 radical (unpaired) electrons. The minimum absolute atomic E-state index is 0.00100. The molecule has 0 amide bonds. The van der Waals surface area contributed by atoms with Crippen molar-refractivity contribution in [1.29, 1.82) is 0 Å². The topological polar surface area (TPSA) is 42.3 Å². The van der Waals surface area contributed by atoms with Crippen molar-refractivity contribution in [2.24, 2.45) is 0 Å². The second-order valence-corrected chi connectivity index (χ2v) is 10.1. The predicted octanol–water partition coefficient (Wildman–Crippen LogP) is 7.28. The van der Waals surface area contributed by atoms with Gasteiger partial charge in [-0.1, -0.05) is 36.6 Å². The van der Waals surface area contributed by atoms with E-state index in [0.717, 1.165) is 22.9 Å². The van der Waals surface area contributed by atoms with Crippen LogP contribution in [0.2, 0.25) is 0 Å². The predicted molar refractivity (Wildman–Crippen MR) is 148 cm³/mol. The van der Waals surface area contributed by atoms with Crippen molar-refractivity contribution in [1.82, 2.24) is 14.9 Å². The van der Waals surface area contributed by atoms with Gasteiger partial charge in [-0.3, -0.25) is 4.98 Å². The van der Waals surface area contributed by atoms with Crippen LogP contribution in [0.3, 0.4) is 0 Å². The van der Waals surface area contributed by atoms with Crippen LogP contribution in [0.5, 0.6) is 11.5 Å². The number of thiocarbonyl (C=S) groups is 1. The van der Waals surface area contributed by atoms with E-state index in [1.807, 2.05) is 42.6 Å². The molecule has 3 heterocycles. The van der Waals surface area contributed by atoms with Crippen molar-refractivity contribution < 1.29 is 4.74 Å². The molecular weight excluding hydrogens is 464 g/mol. The lowest BCUT2D eigenvalue weighted by atomic mass is 9.98. The maximum Gasteiger partial charge on any atom is 0.174 e. The molecule has 182 valence electrons. The van der Waals surface area contributed by atoms with Gasteiger partial charge in [-0.25, -0.2) is 0 Å². The fraction of sp³-hybridized carbons (Fsp3) is 0.267. The van der Waals surface area contributed by atoms with Gasteiger partial charge in [0, 0.05) is 30.3 Å². The summed E-state index contributed by atoms with van der Waals surface area (Å²) in [6.45, 7) is 2.07. The molecule has 2 aliphatic rings. The number of hydrogen-bond acceptors (Lipinski definition) is 3. The maximum absolute atomic E-state index is 6.06. The van der Waals surface area contributed by atoms with Gasteiger partial charge >= 0.3 is 0 Å². The van der Waals surface area contributed by atoms with E-state index in [1.54, 1.807) is 0 Å². The van der Waals surface area contributed by atoms with Crippen LogP contribution in [0.1, 0.15) is 60.6 Å². The van der Waals surface area contributed by atoms with Crippen molar-refractivity contribution in [3.63, 3.8) is 0 Å². The fourth-order valence-corrected chi connectivity index (χ4v) is 5.77. The van der Waals surface area contributed by atoms with E-state index in [2.05, 4.69) is 75.5 Å². The SMILES string of the molecule is Cc1ccc(Oc2ccc(N3C(=S)N[C@H](c4ccccn4)[C@@H]3c3ccn(C4CCCC4)c3)cc2)cc1. The van der Waals surface area contributed by atoms with Crippen LogP contribution in [0, 0.1) is 6.92 Å². The van der Waals surface area contributed by atoms with E-state index in [9.17, 15) is 0 Å². The third-order valence-corrected chi connectivity index (χ3v) is 7.61. The number of hydrogen-bond donors (Lipinski definition) is 1. The van der Waals surface area contributed by atoms with Crippen LogP contribution in [-0.2, 0) is 0 Å². The molecule has 6 rings (SSSR count). The summed E-state index contributed by atoms with van der Waals surface area (Å²) in [5.41, 5.74) is 4.47. The molecule has 1 aliphatic heterocycles. The fourth-order valence-electron chi connectivity index (χ4n) is 5.42. The molecule has 0 unspecified atom stereocenters. The van der Waals surface area contributed by atoms with Crippen LogP contribution >= 0.6 is 12.2 Å². The summed E-state index contributed by atoms with van der Waals surface area (Å²) in [4.78, 5) is 6.90. The highest BCUT2D eigenvalue weighted by Crippen LogP contribution is 2.43. The number of pyridine rings is 1. The highest BCUT2D eigenvalue weighted by Gasteiger charge is 2.41. The molecule has 2 aromatic heterocycles. The average Bonchev–Trinajstić information content (AvgIpc) is 3.66. The quantitative estimate of drug-likeness (QED) is 0.285. The van der Waals surface area contributed by atoms with Gasteiger partial charge in [-0.2, -0.15) is 0 Å². The smallest absolute Gasteiger partial charge is 0.174 e. The van der Waals surface area contributed by atoms with Gasteiger partial charge in [0.15, 0.2) is 5.11 Å². The molecule has 6 heteroatoms. The first-order valence-electron chi connectivity index (χ1n) is 12.7. The van der Waals surface area contributed by atoms with E-state index in [1.165, 1.54) is 36.8 Å². The van der Waals surface area contributed by atoms with E-state index < -0.39 is 0 Å². The lowest BCUT2D eigenvalue weighted by molar-refractivity contribution is 0.482. The van der Waals surface area contributed by atoms with Crippen LogP contribution in [-0.4, -0.2) is 14.7 Å². The Bertz CT molecular complexity index is 1330. The largest absolute Gasteiger partial charge is 0.457 e. The van der Waals surface area contributed by atoms with Gasteiger partial charge in [0.05, 0.1) is 17.8 Å². The van der Waals surface area contributed by atoms with Crippen LogP contribution in [0.25, 0.3) is 0 Å². The Morgan fingerprint density at radius 3 is 2.33 bits per heavy atom. The summed E-state index contributed by atoms with van der Waals surface area (Å²) in [6.07, 6.45) is 11.5. The van der Waals surface area contributed by atoms with Crippen molar-refractivity contribution in [2.45, 2.75) is 50.7 Å². The summed E-state index contributed by atoms with van der Waals surface area (Å²) in [6, 6.07) is 25.1. The highest BCUT2D eigenvalue weighted by atomic mass is 32.1. The zero-order valence-electron chi connectivity index (χ0n) is 20.4. The summed E-state index contributed by atoms with van der Waals surface area (Å²) in [5.74, 6) is 1.62. The van der Waals surface area contributed by atoms with Gasteiger partial charge in [0.2, 0.25) is 0 Å². The molecule has 1 saturated carbocycles. The second-order valence-electron chi connectivity index (χ2n) is 9.74. The molecule has 1 saturated heterocycles. The lowest BCUT2D eigenvalue weighted by Crippen LogP contribution is -2.29.